The van der Waals surface area contributed by atoms with E-state index < -0.39 is 0 Å². The highest BCUT2D eigenvalue weighted by molar-refractivity contribution is 6.29. The molecular weight excluding hydrogens is 191 g/mol. The van der Waals surface area contributed by atoms with Gasteiger partial charge in [-0.15, -0.1) is 23.2 Å². The van der Waals surface area contributed by atoms with Crippen LogP contribution in [0.3, 0.4) is 0 Å². The van der Waals surface area contributed by atoms with E-state index in [4.69, 9.17) is 23.2 Å². The minimum absolute atomic E-state index is 0.179. The van der Waals surface area contributed by atoms with Crippen molar-refractivity contribution in [3.63, 3.8) is 0 Å². The molecule has 0 aliphatic heterocycles. The zero-order chi connectivity index (χ0) is 9.40. The summed E-state index contributed by atoms with van der Waals surface area (Å²) in [5, 5.41) is 0.358. The van der Waals surface area contributed by atoms with Crippen molar-refractivity contribution in [1.82, 2.24) is 0 Å². The van der Waals surface area contributed by atoms with Gasteiger partial charge in [0.2, 0.25) is 0 Å². The first-order valence-electron chi connectivity index (χ1n) is 5.00. The van der Waals surface area contributed by atoms with Gasteiger partial charge in [0.1, 0.15) is 0 Å². The third kappa shape index (κ3) is 6.14. The Morgan fingerprint density at radius 3 is 1.42 bits per heavy atom. The molecule has 0 aromatic rings. The summed E-state index contributed by atoms with van der Waals surface area (Å²) in [7, 11) is 0. The van der Waals surface area contributed by atoms with Crippen molar-refractivity contribution in [1.29, 1.82) is 0 Å². The molecule has 0 aromatic heterocycles. The van der Waals surface area contributed by atoms with Crippen molar-refractivity contribution < 1.29 is 0 Å². The Hall–Kier alpha value is 0.580. The lowest BCUT2D eigenvalue weighted by Crippen LogP contribution is -2.14. The molecular formula is C10H20Cl2. The number of hydrogen-bond donors (Lipinski definition) is 0. The van der Waals surface area contributed by atoms with Crippen LogP contribution in [0.1, 0.15) is 52.4 Å². The molecule has 0 spiro atoms. The molecule has 0 heterocycles. The van der Waals surface area contributed by atoms with Crippen molar-refractivity contribution in [3.8, 4) is 0 Å². The van der Waals surface area contributed by atoms with Crippen LogP contribution in [0.2, 0.25) is 0 Å². The highest BCUT2D eigenvalue weighted by atomic mass is 35.5. The largest absolute Gasteiger partial charge is 0.121 e. The molecule has 0 unspecified atom stereocenters. The van der Waals surface area contributed by atoms with Crippen molar-refractivity contribution in [2.24, 2.45) is 0 Å². The third-order valence-electron chi connectivity index (χ3n) is 2.06. The Bertz CT molecular complexity index is 81.8. The fourth-order valence-corrected chi connectivity index (χ4v) is 1.72. The maximum atomic E-state index is 6.11. The molecule has 0 saturated carbocycles. The van der Waals surface area contributed by atoms with E-state index in [9.17, 15) is 0 Å². The van der Waals surface area contributed by atoms with Crippen molar-refractivity contribution in [3.05, 3.63) is 0 Å². The van der Waals surface area contributed by atoms with Gasteiger partial charge in [-0.05, 0) is 12.8 Å². The molecule has 0 aromatic carbocycles. The van der Waals surface area contributed by atoms with Gasteiger partial charge in [-0.3, -0.25) is 0 Å². The first-order valence-corrected chi connectivity index (χ1v) is 5.87. The SMILES string of the molecule is CCCC[C@@H](Cl)[C@@H](Cl)CCCC. The van der Waals surface area contributed by atoms with Gasteiger partial charge in [0, 0.05) is 10.8 Å². The first kappa shape index (κ1) is 12.6. The zero-order valence-corrected chi connectivity index (χ0v) is 9.67. The lowest BCUT2D eigenvalue weighted by atomic mass is 10.1. The standard InChI is InChI=1S/C10H20Cl2/c1-3-5-7-9(11)10(12)8-6-4-2/h9-10H,3-8H2,1-2H3/t9-,10+. The minimum Gasteiger partial charge on any atom is -0.121 e. The van der Waals surface area contributed by atoms with Crippen LogP contribution in [0.5, 0.6) is 0 Å². The van der Waals surface area contributed by atoms with Crippen LogP contribution in [0.4, 0.5) is 0 Å². The molecule has 0 N–H and O–H groups in total. The summed E-state index contributed by atoms with van der Waals surface area (Å²) in [6, 6.07) is 0. The average molecular weight is 211 g/mol. The number of rotatable bonds is 7. The van der Waals surface area contributed by atoms with Gasteiger partial charge in [-0.2, -0.15) is 0 Å². The smallest absolute Gasteiger partial charge is 0.0499 e. The Labute approximate surface area is 86.6 Å². The molecule has 2 heteroatoms. The van der Waals surface area contributed by atoms with Gasteiger partial charge in [-0.1, -0.05) is 39.5 Å². The quantitative estimate of drug-likeness (QED) is 0.540. The molecule has 0 radical (unpaired) electrons. The molecule has 0 amide bonds. The normalized spacial score (nSPS) is 16.0. The van der Waals surface area contributed by atoms with Crippen LogP contribution < -0.4 is 0 Å². The highest BCUT2D eigenvalue weighted by Crippen LogP contribution is 2.21. The minimum atomic E-state index is 0.179. The van der Waals surface area contributed by atoms with Crippen LogP contribution in [-0.2, 0) is 0 Å². The van der Waals surface area contributed by atoms with E-state index in [2.05, 4.69) is 13.8 Å². The topological polar surface area (TPSA) is 0 Å². The van der Waals surface area contributed by atoms with Gasteiger partial charge in [0.15, 0.2) is 0 Å². The molecule has 12 heavy (non-hydrogen) atoms. The van der Waals surface area contributed by atoms with Gasteiger partial charge in [0.25, 0.3) is 0 Å². The summed E-state index contributed by atoms with van der Waals surface area (Å²) in [4.78, 5) is 0. The second-order valence-corrected chi connectivity index (χ2v) is 4.44. The third-order valence-corrected chi connectivity index (χ3v) is 3.23. The molecule has 0 fully saturated rings. The maximum absolute atomic E-state index is 6.11. The predicted octanol–water partition coefficient (Wildman–Crippen LogP) is 4.58. The zero-order valence-electron chi connectivity index (χ0n) is 8.15. The van der Waals surface area contributed by atoms with E-state index in [1.165, 1.54) is 25.7 Å². The number of unbranched alkanes of at least 4 members (excludes halogenated alkanes) is 2. The van der Waals surface area contributed by atoms with Gasteiger partial charge in [0.05, 0.1) is 0 Å². The van der Waals surface area contributed by atoms with Crippen LogP contribution in [0, 0.1) is 0 Å². The van der Waals surface area contributed by atoms with Crippen molar-refractivity contribution in [2.75, 3.05) is 0 Å². The van der Waals surface area contributed by atoms with E-state index in [1.54, 1.807) is 0 Å². The molecule has 0 rings (SSSR count). The summed E-state index contributed by atoms with van der Waals surface area (Å²) in [5.41, 5.74) is 0. The second kappa shape index (κ2) is 8.19. The molecule has 0 aliphatic carbocycles. The average Bonchev–Trinajstić information content (AvgIpc) is 2.10. The number of hydrogen-bond acceptors (Lipinski definition) is 0. The van der Waals surface area contributed by atoms with Gasteiger partial charge in [-0.25, -0.2) is 0 Å². The Kier molecular flexibility index (Phi) is 8.59. The van der Waals surface area contributed by atoms with Crippen LogP contribution in [-0.4, -0.2) is 10.8 Å². The summed E-state index contributed by atoms with van der Waals surface area (Å²) >= 11 is 12.2. The summed E-state index contributed by atoms with van der Waals surface area (Å²) < 4.78 is 0. The van der Waals surface area contributed by atoms with E-state index in [-0.39, 0.29) is 10.8 Å². The number of halogens is 2. The Morgan fingerprint density at radius 1 is 0.833 bits per heavy atom. The van der Waals surface area contributed by atoms with Crippen molar-refractivity contribution >= 4 is 23.2 Å². The highest BCUT2D eigenvalue weighted by Gasteiger charge is 2.14. The lowest BCUT2D eigenvalue weighted by molar-refractivity contribution is 0.598. The lowest BCUT2D eigenvalue weighted by Gasteiger charge is -2.14. The van der Waals surface area contributed by atoms with Gasteiger partial charge < -0.3 is 0 Å². The van der Waals surface area contributed by atoms with Crippen LogP contribution in [0.15, 0.2) is 0 Å². The van der Waals surface area contributed by atoms with E-state index in [0.717, 1.165) is 12.8 Å². The van der Waals surface area contributed by atoms with Gasteiger partial charge >= 0.3 is 0 Å². The maximum Gasteiger partial charge on any atom is 0.0499 e. The monoisotopic (exact) mass is 210 g/mol. The molecule has 2 atom stereocenters. The predicted molar refractivity (Wildman–Crippen MR) is 58.3 cm³/mol. The Balaban J connectivity index is 3.39. The summed E-state index contributed by atoms with van der Waals surface area (Å²) in [6.07, 6.45) is 6.94. The number of alkyl halides is 2. The summed E-state index contributed by atoms with van der Waals surface area (Å²) in [5.74, 6) is 0. The van der Waals surface area contributed by atoms with E-state index in [1.807, 2.05) is 0 Å². The molecule has 0 bridgehead atoms. The Morgan fingerprint density at radius 2 is 1.17 bits per heavy atom. The molecule has 74 valence electrons. The second-order valence-electron chi connectivity index (χ2n) is 3.32. The molecule has 0 saturated heterocycles. The van der Waals surface area contributed by atoms with Crippen LogP contribution in [0.25, 0.3) is 0 Å². The summed E-state index contributed by atoms with van der Waals surface area (Å²) in [6.45, 7) is 4.36. The fourth-order valence-electron chi connectivity index (χ4n) is 1.16. The molecule has 0 aliphatic rings. The van der Waals surface area contributed by atoms with Crippen molar-refractivity contribution in [2.45, 2.75) is 63.1 Å². The first-order chi connectivity index (χ1) is 5.72. The van der Waals surface area contributed by atoms with E-state index >= 15 is 0 Å². The van der Waals surface area contributed by atoms with Crippen LogP contribution >= 0.6 is 23.2 Å². The fraction of sp³-hybridized carbons (Fsp3) is 1.00. The molecule has 0 nitrogen and oxygen atoms in total. The van der Waals surface area contributed by atoms with E-state index in [0.29, 0.717) is 0 Å².